The molecular formula is C10H15NO3. The first-order chi connectivity index (χ1) is 6.53. The number of carboxylic acid groups (broad SMARTS) is 1. The van der Waals surface area contributed by atoms with E-state index in [2.05, 4.69) is 11.2 Å². The maximum absolute atomic E-state index is 11.2. The van der Waals surface area contributed by atoms with Crippen molar-refractivity contribution in [3.05, 3.63) is 0 Å². The molecule has 1 aliphatic heterocycles. The molecular weight excluding hydrogens is 182 g/mol. The van der Waals surface area contributed by atoms with Gasteiger partial charge in [-0.1, -0.05) is 5.92 Å². The average Bonchev–Trinajstić information content (AvgIpc) is 2.39. The van der Waals surface area contributed by atoms with Crippen molar-refractivity contribution in [2.24, 2.45) is 0 Å². The van der Waals surface area contributed by atoms with Crippen LogP contribution >= 0.6 is 0 Å². The number of hydrogen-bond acceptors (Lipinski definition) is 3. The summed E-state index contributed by atoms with van der Waals surface area (Å²) in [5, 5.41) is 12.0. The van der Waals surface area contributed by atoms with Crippen LogP contribution in [0.4, 0.5) is 0 Å². The Morgan fingerprint density at radius 3 is 2.79 bits per heavy atom. The zero-order chi connectivity index (χ0) is 10.8. The number of hydrogen-bond donors (Lipinski definition) is 2. The Hall–Kier alpha value is -1.05. The van der Waals surface area contributed by atoms with Gasteiger partial charge in [0, 0.05) is 6.42 Å². The number of carboxylic acids is 1. The minimum Gasteiger partial charge on any atom is -0.480 e. The lowest BCUT2D eigenvalue weighted by molar-refractivity contribution is -0.146. The predicted molar refractivity (Wildman–Crippen MR) is 51.8 cm³/mol. The predicted octanol–water partition coefficient (Wildman–Crippen LogP) is 0.230. The molecule has 1 saturated heterocycles. The summed E-state index contributed by atoms with van der Waals surface area (Å²) in [6, 6.07) is 0. The molecule has 2 N–H and O–H groups in total. The number of nitrogens with one attached hydrogen (secondary N) is 1. The Bertz CT molecular complexity index is 271. The second-order valence-corrected chi connectivity index (χ2v) is 3.63. The lowest BCUT2D eigenvalue weighted by atomic mass is 9.90. The Kier molecular flexibility index (Phi) is 3.14. The van der Waals surface area contributed by atoms with Crippen molar-refractivity contribution in [2.45, 2.75) is 38.0 Å². The smallest absolute Gasteiger partial charge is 0.326 e. The average molecular weight is 197 g/mol. The molecule has 14 heavy (non-hydrogen) atoms. The Morgan fingerprint density at radius 2 is 2.43 bits per heavy atom. The van der Waals surface area contributed by atoms with Gasteiger partial charge < -0.3 is 9.84 Å². The Balaban J connectivity index is 2.82. The maximum atomic E-state index is 11.2. The summed E-state index contributed by atoms with van der Waals surface area (Å²) in [6.45, 7) is 3.85. The molecule has 78 valence electrons. The number of carbonyl (C=O) groups is 1. The first kappa shape index (κ1) is 11.0. The van der Waals surface area contributed by atoms with Crippen LogP contribution < -0.4 is 5.32 Å². The topological polar surface area (TPSA) is 58.6 Å². The summed E-state index contributed by atoms with van der Waals surface area (Å²) in [7, 11) is 0. The molecule has 1 aliphatic rings. The van der Waals surface area contributed by atoms with Crippen LogP contribution in [-0.2, 0) is 9.53 Å². The molecule has 0 aromatic heterocycles. The molecule has 4 heteroatoms. The molecule has 0 aliphatic carbocycles. The second kappa shape index (κ2) is 3.99. The van der Waals surface area contributed by atoms with Crippen LogP contribution in [0.15, 0.2) is 0 Å². The number of ether oxygens (including phenoxy) is 1. The number of aliphatic carboxylic acids is 1. The SMILES string of the molecule is C#CCNC1(C(=O)O)CC(C)OC1C. The first-order valence-electron chi connectivity index (χ1n) is 4.60. The normalized spacial score (nSPS) is 36.6. The highest BCUT2D eigenvalue weighted by Gasteiger charge is 2.50. The van der Waals surface area contributed by atoms with Crippen molar-refractivity contribution >= 4 is 5.97 Å². The number of rotatable bonds is 3. The molecule has 1 heterocycles. The molecule has 0 bridgehead atoms. The minimum absolute atomic E-state index is 0.0497. The van der Waals surface area contributed by atoms with Crippen molar-refractivity contribution in [1.82, 2.24) is 5.32 Å². The second-order valence-electron chi connectivity index (χ2n) is 3.63. The van der Waals surface area contributed by atoms with Crippen molar-refractivity contribution in [3.8, 4) is 12.3 Å². The summed E-state index contributed by atoms with van der Waals surface area (Å²) >= 11 is 0. The zero-order valence-electron chi connectivity index (χ0n) is 8.41. The number of terminal acetylenes is 1. The van der Waals surface area contributed by atoms with Gasteiger partial charge in [0.2, 0.25) is 0 Å². The van der Waals surface area contributed by atoms with Crippen LogP contribution in [-0.4, -0.2) is 35.4 Å². The van der Waals surface area contributed by atoms with Crippen LogP contribution in [0.3, 0.4) is 0 Å². The van der Waals surface area contributed by atoms with E-state index in [-0.39, 0.29) is 18.8 Å². The fourth-order valence-corrected chi connectivity index (χ4v) is 1.89. The minimum atomic E-state index is -1.02. The van der Waals surface area contributed by atoms with Crippen molar-refractivity contribution in [1.29, 1.82) is 0 Å². The summed E-state index contributed by atoms with van der Waals surface area (Å²) in [6.07, 6.45) is 5.14. The third kappa shape index (κ3) is 1.74. The van der Waals surface area contributed by atoms with Crippen LogP contribution in [0, 0.1) is 12.3 Å². The molecule has 0 radical (unpaired) electrons. The van der Waals surface area contributed by atoms with E-state index in [9.17, 15) is 4.79 Å². The van der Waals surface area contributed by atoms with Gasteiger partial charge in [0.25, 0.3) is 0 Å². The van der Waals surface area contributed by atoms with E-state index in [1.165, 1.54) is 0 Å². The highest BCUT2D eigenvalue weighted by atomic mass is 16.5. The van der Waals surface area contributed by atoms with Gasteiger partial charge in [-0.3, -0.25) is 10.1 Å². The fourth-order valence-electron chi connectivity index (χ4n) is 1.89. The monoisotopic (exact) mass is 197 g/mol. The van der Waals surface area contributed by atoms with Crippen molar-refractivity contribution in [3.63, 3.8) is 0 Å². The van der Waals surface area contributed by atoms with E-state index in [0.717, 1.165) is 0 Å². The van der Waals surface area contributed by atoms with E-state index in [0.29, 0.717) is 6.42 Å². The van der Waals surface area contributed by atoms with Gasteiger partial charge in [-0.2, -0.15) is 0 Å². The lowest BCUT2D eigenvalue weighted by Crippen LogP contribution is -2.57. The highest BCUT2D eigenvalue weighted by Crippen LogP contribution is 2.30. The van der Waals surface area contributed by atoms with Gasteiger partial charge in [-0.15, -0.1) is 6.42 Å². The summed E-state index contributed by atoms with van der Waals surface area (Å²) in [4.78, 5) is 11.2. The first-order valence-corrected chi connectivity index (χ1v) is 4.60. The van der Waals surface area contributed by atoms with E-state index < -0.39 is 11.5 Å². The molecule has 0 aromatic rings. The fraction of sp³-hybridized carbons (Fsp3) is 0.700. The van der Waals surface area contributed by atoms with Crippen LogP contribution in [0.25, 0.3) is 0 Å². The standard InChI is InChI=1S/C10H15NO3/c1-4-5-11-10(9(12)13)6-7(2)14-8(10)3/h1,7-8,11H,5-6H2,2-3H3,(H,12,13). The van der Waals surface area contributed by atoms with Crippen molar-refractivity contribution in [2.75, 3.05) is 6.54 Å². The third-order valence-electron chi connectivity index (χ3n) is 2.63. The van der Waals surface area contributed by atoms with Gasteiger partial charge in [-0.25, -0.2) is 0 Å². The molecule has 4 nitrogen and oxygen atoms in total. The summed E-state index contributed by atoms with van der Waals surface area (Å²) in [5.74, 6) is 1.48. The lowest BCUT2D eigenvalue weighted by Gasteiger charge is -2.27. The highest BCUT2D eigenvalue weighted by molar-refractivity contribution is 5.80. The Morgan fingerprint density at radius 1 is 1.79 bits per heavy atom. The van der Waals surface area contributed by atoms with Gasteiger partial charge in [0.15, 0.2) is 0 Å². The largest absolute Gasteiger partial charge is 0.480 e. The molecule has 0 spiro atoms. The van der Waals surface area contributed by atoms with Crippen molar-refractivity contribution < 1.29 is 14.6 Å². The van der Waals surface area contributed by atoms with Gasteiger partial charge in [-0.05, 0) is 13.8 Å². The van der Waals surface area contributed by atoms with Crippen LogP contribution in [0.5, 0.6) is 0 Å². The van der Waals surface area contributed by atoms with E-state index in [4.69, 9.17) is 16.3 Å². The van der Waals surface area contributed by atoms with Gasteiger partial charge in [0.05, 0.1) is 18.8 Å². The van der Waals surface area contributed by atoms with Crippen LogP contribution in [0.2, 0.25) is 0 Å². The molecule has 0 saturated carbocycles. The van der Waals surface area contributed by atoms with E-state index in [1.54, 1.807) is 6.92 Å². The molecule has 0 aromatic carbocycles. The molecule has 0 amide bonds. The Labute approximate surface area is 83.6 Å². The zero-order valence-corrected chi connectivity index (χ0v) is 8.41. The van der Waals surface area contributed by atoms with Gasteiger partial charge >= 0.3 is 5.97 Å². The quantitative estimate of drug-likeness (QED) is 0.636. The molecule has 1 fully saturated rings. The van der Waals surface area contributed by atoms with E-state index >= 15 is 0 Å². The molecule has 3 atom stereocenters. The summed E-state index contributed by atoms with van der Waals surface area (Å²) in [5.41, 5.74) is -1.02. The molecule has 1 rings (SSSR count). The van der Waals surface area contributed by atoms with Crippen LogP contribution in [0.1, 0.15) is 20.3 Å². The molecule has 3 unspecified atom stereocenters. The third-order valence-corrected chi connectivity index (χ3v) is 2.63. The van der Waals surface area contributed by atoms with Gasteiger partial charge in [0.1, 0.15) is 5.54 Å². The summed E-state index contributed by atoms with van der Waals surface area (Å²) < 4.78 is 5.42. The maximum Gasteiger partial charge on any atom is 0.326 e. The van der Waals surface area contributed by atoms with E-state index in [1.807, 2.05) is 6.92 Å².